The third kappa shape index (κ3) is 4.01. The first-order valence-electron chi connectivity index (χ1n) is 8.23. The van der Waals surface area contributed by atoms with E-state index in [1.54, 1.807) is 13.2 Å². The molecular weight excluding hydrogens is 384 g/mol. The molecule has 0 aliphatic rings. The summed E-state index contributed by atoms with van der Waals surface area (Å²) in [6, 6.07) is 12.5. The highest BCUT2D eigenvalue weighted by atomic mass is 32.1. The van der Waals surface area contributed by atoms with Gasteiger partial charge >= 0.3 is 0 Å². The first-order chi connectivity index (χ1) is 13.4. The van der Waals surface area contributed by atoms with Crippen LogP contribution >= 0.6 is 11.3 Å². The van der Waals surface area contributed by atoms with Crippen molar-refractivity contribution in [3.05, 3.63) is 70.6 Å². The van der Waals surface area contributed by atoms with E-state index in [2.05, 4.69) is 10.5 Å². The lowest BCUT2D eigenvalue weighted by molar-refractivity contribution is 0.0959. The van der Waals surface area contributed by atoms with Crippen LogP contribution in [0.5, 0.6) is 5.75 Å². The summed E-state index contributed by atoms with van der Waals surface area (Å²) < 4.78 is 32.7. The number of nitrogens with two attached hydrogens (primary N) is 1. The zero-order valence-corrected chi connectivity index (χ0v) is 15.9. The van der Waals surface area contributed by atoms with Gasteiger partial charge in [0.1, 0.15) is 22.3 Å². The fraction of sp³-hybridized carbons (Fsp3) is 0.100. The maximum Gasteiger partial charge on any atom is 0.283 e. The lowest BCUT2D eigenvalue weighted by atomic mass is 10.1. The van der Waals surface area contributed by atoms with Crippen molar-refractivity contribution < 1.29 is 18.3 Å². The van der Waals surface area contributed by atoms with Crippen molar-refractivity contribution in [1.29, 1.82) is 0 Å². The van der Waals surface area contributed by atoms with Gasteiger partial charge < -0.3 is 10.5 Å². The first-order valence-corrected chi connectivity index (χ1v) is 9.05. The van der Waals surface area contributed by atoms with Gasteiger partial charge in [-0.25, -0.2) is 14.2 Å². The van der Waals surface area contributed by atoms with Crippen LogP contribution in [-0.4, -0.2) is 18.7 Å². The van der Waals surface area contributed by atoms with Gasteiger partial charge in [-0.2, -0.15) is 5.10 Å². The highest BCUT2D eigenvalue weighted by Gasteiger charge is 2.16. The van der Waals surface area contributed by atoms with Gasteiger partial charge in [-0.15, -0.1) is 11.3 Å². The predicted octanol–water partition coefficient (Wildman–Crippen LogP) is 4.44. The van der Waals surface area contributed by atoms with Crippen molar-refractivity contribution in [2.45, 2.75) is 6.92 Å². The Balaban J connectivity index is 1.80. The van der Waals surface area contributed by atoms with Crippen LogP contribution in [0.3, 0.4) is 0 Å². The SMILES string of the molecule is COc1ccc(-c2cc(N)c(C(=O)N/N=C(/C)c3c(F)cccc3F)s2)cc1. The van der Waals surface area contributed by atoms with E-state index < -0.39 is 17.5 Å². The molecule has 0 bridgehead atoms. The van der Waals surface area contributed by atoms with Gasteiger partial charge in [0.15, 0.2) is 0 Å². The number of amides is 1. The van der Waals surface area contributed by atoms with Crippen LogP contribution < -0.4 is 15.9 Å². The van der Waals surface area contributed by atoms with Crippen molar-refractivity contribution >= 4 is 28.6 Å². The minimum absolute atomic E-state index is 0.00876. The Bertz CT molecular complexity index is 1030. The number of nitrogens with one attached hydrogen (secondary N) is 1. The number of hydrogen-bond acceptors (Lipinski definition) is 5. The summed E-state index contributed by atoms with van der Waals surface area (Å²) in [5.41, 5.74) is 9.15. The summed E-state index contributed by atoms with van der Waals surface area (Å²) in [6.45, 7) is 1.41. The number of carbonyl (C=O) groups is 1. The number of carbonyl (C=O) groups excluding carboxylic acids is 1. The Morgan fingerprint density at radius 2 is 1.79 bits per heavy atom. The zero-order valence-electron chi connectivity index (χ0n) is 15.1. The second kappa shape index (κ2) is 8.18. The summed E-state index contributed by atoms with van der Waals surface area (Å²) in [5, 5.41) is 3.81. The average Bonchev–Trinajstić information content (AvgIpc) is 3.08. The van der Waals surface area contributed by atoms with Crippen LogP contribution in [-0.2, 0) is 0 Å². The standard InChI is InChI=1S/C20H17F2N3O2S/c1-11(18-14(21)4-3-5-15(18)22)24-25-20(26)19-16(23)10-17(28-19)12-6-8-13(27-2)9-7-12/h3-10H,23H2,1-2H3,(H,25,26)/b24-11-. The number of nitrogens with zero attached hydrogens (tertiary/aromatic N) is 1. The highest BCUT2D eigenvalue weighted by Crippen LogP contribution is 2.34. The minimum Gasteiger partial charge on any atom is -0.497 e. The molecule has 144 valence electrons. The molecule has 3 rings (SSSR count). The van der Waals surface area contributed by atoms with Crippen LogP contribution in [0.4, 0.5) is 14.5 Å². The number of thiophene rings is 1. The molecule has 3 aromatic rings. The summed E-state index contributed by atoms with van der Waals surface area (Å²) in [4.78, 5) is 13.5. The van der Waals surface area contributed by atoms with Crippen molar-refractivity contribution in [3.63, 3.8) is 0 Å². The molecule has 3 N–H and O–H groups in total. The van der Waals surface area contributed by atoms with Crippen molar-refractivity contribution in [2.24, 2.45) is 5.10 Å². The van der Waals surface area contributed by atoms with E-state index in [4.69, 9.17) is 10.5 Å². The second-order valence-corrected chi connectivity index (χ2v) is 6.91. The molecule has 0 fully saturated rings. The molecule has 1 aromatic heterocycles. The topological polar surface area (TPSA) is 76.7 Å². The van der Waals surface area contributed by atoms with Crippen LogP contribution in [0.25, 0.3) is 10.4 Å². The summed E-state index contributed by atoms with van der Waals surface area (Å²) >= 11 is 1.19. The van der Waals surface area contributed by atoms with E-state index >= 15 is 0 Å². The quantitative estimate of drug-likeness (QED) is 0.490. The number of rotatable bonds is 5. The molecule has 5 nitrogen and oxygen atoms in total. The number of hydrogen-bond donors (Lipinski definition) is 2. The summed E-state index contributed by atoms with van der Waals surface area (Å²) in [6.07, 6.45) is 0. The Labute approximate surface area is 164 Å². The molecule has 0 saturated heterocycles. The molecule has 0 saturated carbocycles. The third-order valence-electron chi connectivity index (χ3n) is 3.99. The van der Waals surface area contributed by atoms with E-state index in [-0.39, 0.29) is 16.2 Å². The maximum atomic E-state index is 13.8. The molecule has 0 spiro atoms. The average molecular weight is 401 g/mol. The largest absolute Gasteiger partial charge is 0.497 e. The van der Waals surface area contributed by atoms with Gasteiger partial charge in [-0.3, -0.25) is 4.79 Å². The molecule has 0 atom stereocenters. The van der Waals surface area contributed by atoms with Crippen LogP contribution in [0.15, 0.2) is 53.6 Å². The number of anilines is 1. The second-order valence-electron chi connectivity index (χ2n) is 5.86. The first kappa shape index (κ1) is 19.5. The Kier molecular flexibility index (Phi) is 5.70. The summed E-state index contributed by atoms with van der Waals surface area (Å²) in [7, 11) is 1.58. The predicted molar refractivity (Wildman–Crippen MR) is 107 cm³/mol. The van der Waals surface area contributed by atoms with Gasteiger partial charge in [-0.1, -0.05) is 6.07 Å². The number of nitrogen functional groups attached to an aromatic ring is 1. The number of hydrazone groups is 1. The molecule has 8 heteroatoms. The molecule has 0 radical (unpaired) electrons. The van der Waals surface area contributed by atoms with Gasteiger partial charge in [-0.05, 0) is 55.0 Å². The summed E-state index contributed by atoms with van der Waals surface area (Å²) in [5.74, 6) is -1.35. The zero-order chi connectivity index (χ0) is 20.3. The van der Waals surface area contributed by atoms with Crippen LogP contribution in [0.2, 0.25) is 0 Å². The number of benzene rings is 2. The Morgan fingerprint density at radius 3 is 2.39 bits per heavy atom. The van der Waals surface area contributed by atoms with Gasteiger partial charge in [0, 0.05) is 4.88 Å². The van der Waals surface area contributed by atoms with Gasteiger partial charge in [0.2, 0.25) is 0 Å². The van der Waals surface area contributed by atoms with E-state index in [1.165, 1.54) is 24.3 Å². The van der Waals surface area contributed by atoms with Gasteiger partial charge in [0.25, 0.3) is 5.91 Å². The van der Waals surface area contributed by atoms with E-state index in [0.717, 1.165) is 28.3 Å². The van der Waals surface area contributed by atoms with Gasteiger partial charge in [0.05, 0.1) is 24.1 Å². The Morgan fingerprint density at radius 1 is 1.14 bits per heavy atom. The van der Waals surface area contributed by atoms with Crippen molar-refractivity contribution in [2.75, 3.05) is 12.8 Å². The fourth-order valence-corrected chi connectivity index (χ4v) is 3.54. The molecule has 1 heterocycles. The maximum absolute atomic E-state index is 13.8. The third-order valence-corrected chi connectivity index (χ3v) is 5.19. The van der Waals surface area contributed by atoms with E-state index in [9.17, 15) is 13.6 Å². The highest BCUT2D eigenvalue weighted by molar-refractivity contribution is 7.18. The van der Waals surface area contributed by atoms with Crippen molar-refractivity contribution in [1.82, 2.24) is 5.43 Å². The lowest BCUT2D eigenvalue weighted by Crippen LogP contribution is -2.20. The fourth-order valence-electron chi connectivity index (χ4n) is 2.56. The Hall–Kier alpha value is -3.26. The number of ether oxygens (including phenoxy) is 1. The number of halogens is 2. The van der Waals surface area contributed by atoms with Crippen LogP contribution in [0.1, 0.15) is 22.2 Å². The van der Waals surface area contributed by atoms with E-state index in [1.807, 2.05) is 24.3 Å². The molecule has 2 aromatic carbocycles. The normalized spacial score (nSPS) is 11.4. The molecule has 0 unspecified atom stereocenters. The van der Waals surface area contributed by atoms with E-state index in [0.29, 0.717) is 5.69 Å². The number of methoxy groups -OCH3 is 1. The van der Waals surface area contributed by atoms with Crippen molar-refractivity contribution in [3.8, 4) is 16.2 Å². The molecule has 0 aliphatic heterocycles. The monoisotopic (exact) mass is 401 g/mol. The molecule has 28 heavy (non-hydrogen) atoms. The smallest absolute Gasteiger partial charge is 0.283 e. The van der Waals surface area contributed by atoms with Crippen LogP contribution in [0, 0.1) is 11.6 Å². The lowest BCUT2D eigenvalue weighted by Gasteiger charge is -2.05. The minimum atomic E-state index is -0.757. The molecule has 1 amide bonds. The molecular formula is C20H17F2N3O2S. The molecule has 0 aliphatic carbocycles.